The third-order valence-electron chi connectivity index (χ3n) is 3.54. The van der Waals surface area contributed by atoms with Gasteiger partial charge in [0, 0.05) is 25.7 Å². The van der Waals surface area contributed by atoms with Crippen molar-refractivity contribution in [2.45, 2.75) is 51.9 Å². The van der Waals surface area contributed by atoms with Gasteiger partial charge in [-0.1, -0.05) is 25.9 Å². The summed E-state index contributed by atoms with van der Waals surface area (Å²) in [5, 5.41) is 4.14. The van der Waals surface area contributed by atoms with E-state index in [1.807, 2.05) is 0 Å². The van der Waals surface area contributed by atoms with Gasteiger partial charge in [0.15, 0.2) is 5.82 Å². The molecule has 5 heteroatoms. The molecule has 0 spiro atoms. The summed E-state index contributed by atoms with van der Waals surface area (Å²) in [6, 6.07) is 0. The summed E-state index contributed by atoms with van der Waals surface area (Å²) in [6.45, 7) is 8.72. The van der Waals surface area contributed by atoms with Gasteiger partial charge in [0.05, 0.1) is 5.92 Å². The summed E-state index contributed by atoms with van der Waals surface area (Å²) in [7, 11) is 0. The topological polar surface area (TPSA) is 74.2 Å². The maximum atomic E-state index is 5.85. The molecule has 1 aliphatic rings. The van der Waals surface area contributed by atoms with E-state index in [0.717, 1.165) is 38.3 Å². The molecule has 1 fully saturated rings. The highest BCUT2D eigenvalue weighted by atomic mass is 16.5. The number of hydrogen-bond acceptors (Lipinski definition) is 5. The summed E-state index contributed by atoms with van der Waals surface area (Å²) in [4.78, 5) is 4.58. The molecular formula is C14H25N3O2. The van der Waals surface area contributed by atoms with E-state index < -0.39 is 0 Å². The summed E-state index contributed by atoms with van der Waals surface area (Å²) in [5.74, 6) is 2.05. The molecular weight excluding hydrogens is 242 g/mol. The Labute approximate surface area is 114 Å². The van der Waals surface area contributed by atoms with Crippen molar-refractivity contribution in [1.29, 1.82) is 0 Å². The van der Waals surface area contributed by atoms with Gasteiger partial charge >= 0.3 is 0 Å². The maximum Gasteiger partial charge on any atom is 0.231 e. The van der Waals surface area contributed by atoms with E-state index >= 15 is 0 Å². The molecule has 2 N–H and O–H groups in total. The minimum Gasteiger partial charge on any atom is -0.381 e. The molecule has 1 aromatic heterocycles. The van der Waals surface area contributed by atoms with Crippen LogP contribution in [0.2, 0.25) is 0 Å². The monoisotopic (exact) mass is 267 g/mol. The van der Waals surface area contributed by atoms with Crippen molar-refractivity contribution in [3.8, 4) is 0 Å². The van der Waals surface area contributed by atoms with E-state index in [9.17, 15) is 0 Å². The minimum atomic E-state index is 0.154. The van der Waals surface area contributed by atoms with Gasteiger partial charge in [-0.3, -0.25) is 0 Å². The zero-order valence-corrected chi connectivity index (χ0v) is 12.2. The van der Waals surface area contributed by atoms with Crippen LogP contribution in [0.4, 0.5) is 0 Å². The van der Waals surface area contributed by atoms with Crippen molar-refractivity contribution in [1.82, 2.24) is 10.1 Å². The molecule has 0 saturated carbocycles. The number of hydrogen-bond donors (Lipinski definition) is 1. The van der Waals surface area contributed by atoms with Crippen molar-refractivity contribution in [2.75, 3.05) is 19.8 Å². The molecule has 2 rings (SSSR count). The standard InChI is InChI=1S/C14H25N3O2/c1-14(2,3)8-11(9-15)13-16-12(17-19-13)10-4-6-18-7-5-10/h10-11H,4-9,15H2,1-3H3. The highest BCUT2D eigenvalue weighted by molar-refractivity contribution is 5.01. The van der Waals surface area contributed by atoms with Crippen LogP contribution in [0.25, 0.3) is 0 Å². The molecule has 19 heavy (non-hydrogen) atoms. The van der Waals surface area contributed by atoms with Crippen LogP contribution in [0.3, 0.4) is 0 Å². The van der Waals surface area contributed by atoms with Crippen molar-refractivity contribution in [3.05, 3.63) is 11.7 Å². The van der Waals surface area contributed by atoms with E-state index in [0.29, 0.717) is 18.4 Å². The van der Waals surface area contributed by atoms with Crippen LogP contribution < -0.4 is 5.73 Å². The van der Waals surface area contributed by atoms with E-state index in [-0.39, 0.29) is 11.3 Å². The third kappa shape index (κ3) is 4.01. The van der Waals surface area contributed by atoms with E-state index in [4.69, 9.17) is 15.0 Å². The second-order valence-corrected chi connectivity index (χ2v) is 6.57. The van der Waals surface area contributed by atoms with Crippen LogP contribution in [0.5, 0.6) is 0 Å². The lowest BCUT2D eigenvalue weighted by atomic mass is 9.84. The number of ether oxygens (including phenoxy) is 1. The van der Waals surface area contributed by atoms with E-state index in [1.165, 1.54) is 0 Å². The molecule has 0 bridgehead atoms. The smallest absolute Gasteiger partial charge is 0.231 e. The second kappa shape index (κ2) is 6.01. The predicted molar refractivity (Wildman–Crippen MR) is 73.0 cm³/mol. The summed E-state index contributed by atoms with van der Waals surface area (Å²) < 4.78 is 10.8. The molecule has 1 aromatic rings. The number of aromatic nitrogens is 2. The Bertz CT molecular complexity index is 392. The van der Waals surface area contributed by atoms with Gasteiger partial charge in [-0.2, -0.15) is 4.98 Å². The first-order valence-corrected chi connectivity index (χ1v) is 7.11. The average molecular weight is 267 g/mol. The molecule has 2 heterocycles. The Morgan fingerprint density at radius 1 is 1.32 bits per heavy atom. The lowest BCUT2D eigenvalue weighted by molar-refractivity contribution is 0.0830. The van der Waals surface area contributed by atoms with Crippen LogP contribution in [0.15, 0.2) is 4.52 Å². The van der Waals surface area contributed by atoms with Gasteiger partial charge in [-0.15, -0.1) is 0 Å². The lowest BCUT2D eigenvalue weighted by Crippen LogP contribution is -2.20. The van der Waals surface area contributed by atoms with Gasteiger partial charge in [0.2, 0.25) is 5.89 Å². The van der Waals surface area contributed by atoms with Crippen molar-refractivity contribution in [2.24, 2.45) is 11.1 Å². The molecule has 1 saturated heterocycles. The van der Waals surface area contributed by atoms with Gasteiger partial charge in [0.25, 0.3) is 0 Å². The molecule has 5 nitrogen and oxygen atoms in total. The Balaban J connectivity index is 2.05. The number of nitrogens with two attached hydrogens (primary N) is 1. The maximum absolute atomic E-state index is 5.85. The van der Waals surface area contributed by atoms with Crippen LogP contribution >= 0.6 is 0 Å². The van der Waals surface area contributed by atoms with Crippen molar-refractivity contribution < 1.29 is 9.26 Å². The first-order chi connectivity index (χ1) is 8.99. The Morgan fingerprint density at radius 3 is 2.58 bits per heavy atom. The van der Waals surface area contributed by atoms with Crippen LogP contribution in [0, 0.1) is 5.41 Å². The minimum absolute atomic E-state index is 0.154. The zero-order valence-electron chi connectivity index (χ0n) is 12.2. The summed E-state index contributed by atoms with van der Waals surface area (Å²) >= 11 is 0. The Kier molecular flexibility index (Phi) is 4.58. The molecule has 0 amide bonds. The molecule has 1 atom stereocenters. The first kappa shape index (κ1) is 14.5. The van der Waals surface area contributed by atoms with Gasteiger partial charge in [-0.25, -0.2) is 0 Å². The normalized spacial score (nSPS) is 19.6. The third-order valence-corrected chi connectivity index (χ3v) is 3.54. The Hall–Kier alpha value is -0.940. The highest BCUT2D eigenvalue weighted by Crippen LogP contribution is 2.31. The molecule has 1 unspecified atom stereocenters. The largest absolute Gasteiger partial charge is 0.381 e. The zero-order chi connectivity index (χ0) is 13.9. The Morgan fingerprint density at radius 2 is 2.00 bits per heavy atom. The molecule has 0 radical (unpaired) electrons. The molecule has 0 aliphatic carbocycles. The van der Waals surface area contributed by atoms with Crippen LogP contribution in [-0.4, -0.2) is 29.9 Å². The fraction of sp³-hybridized carbons (Fsp3) is 0.857. The quantitative estimate of drug-likeness (QED) is 0.907. The fourth-order valence-corrected chi connectivity index (χ4v) is 2.55. The van der Waals surface area contributed by atoms with Gasteiger partial charge < -0.3 is 15.0 Å². The summed E-state index contributed by atoms with van der Waals surface area (Å²) in [6.07, 6.45) is 2.91. The predicted octanol–water partition coefficient (Wildman–Crippen LogP) is 2.44. The van der Waals surface area contributed by atoms with Crippen LogP contribution in [-0.2, 0) is 4.74 Å². The summed E-state index contributed by atoms with van der Waals surface area (Å²) in [5.41, 5.74) is 6.06. The molecule has 0 aromatic carbocycles. The number of nitrogens with zero attached hydrogens (tertiary/aromatic N) is 2. The van der Waals surface area contributed by atoms with E-state index in [2.05, 4.69) is 30.9 Å². The second-order valence-electron chi connectivity index (χ2n) is 6.57. The molecule has 1 aliphatic heterocycles. The van der Waals surface area contributed by atoms with Gasteiger partial charge in [-0.05, 0) is 24.7 Å². The highest BCUT2D eigenvalue weighted by Gasteiger charge is 2.26. The first-order valence-electron chi connectivity index (χ1n) is 7.11. The fourth-order valence-electron chi connectivity index (χ4n) is 2.55. The average Bonchev–Trinajstić information content (AvgIpc) is 2.85. The van der Waals surface area contributed by atoms with Gasteiger partial charge in [0.1, 0.15) is 0 Å². The van der Waals surface area contributed by atoms with Crippen LogP contribution in [0.1, 0.15) is 63.6 Å². The number of rotatable bonds is 4. The lowest BCUT2D eigenvalue weighted by Gasteiger charge is -2.22. The molecule has 108 valence electrons. The SMILES string of the molecule is CC(C)(C)CC(CN)c1nc(C2CCOCC2)no1. The van der Waals surface area contributed by atoms with Crippen molar-refractivity contribution in [3.63, 3.8) is 0 Å². The van der Waals surface area contributed by atoms with E-state index in [1.54, 1.807) is 0 Å². The van der Waals surface area contributed by atoms with Crippen molar-refractivity contribution >= 4 is 0 Å².